The average molecular weight is 485 g/mol. The predicted molar refractivity (Wildman–Crippen MR) is 114 cm³/mol. The lowest BCUT2D eigenvalue weighted by Crippen LogP contribution is -2.35. The van der Waals surface area contributed by atoms with Crippen LogP contribution in [0.4, 0.5) is 13.2 Å². The second-order valence-corrected chi connectivity index (χ2v) is 8.98. The highest BCUT2D eigenvalue weighted by Gasteiger charge is 2.32. The Morgan fingerprint density at radius 3 is 2.73 bits per heavy atom. The van der Waals surface area contributed by atoms with Crippen LogP contribution in [0.5, 0.6) is 5.88 Å². The molecule has 3 rings (SSSR count). The molecule has 1 aliphatic heterocycles. The van der Waals surface area contributed by atoms with Crippen LogP contribution in [-0.4, -0.2) is 44.0 Å². The summed E-state index contributed by atoms with van der Waals surface area (Å²) in [5.41, 5.74) is 0.644. The number of carbonyl (C=O) groups excluding carboxylic acids is 1. The van der Waals surface area contributed by atoms with Gasteiger partial charge in [0.15, 0.2) is 6.61 Å². The van der Waals surface area contributed by atoms with Crippen molar-refractivity contribution in [1.82, 2.24) is 15.0 Å². The maximum atomic E-state index is 12.9. The summed E-state index contributed by atoms with van der Waals surface area (Å²) in [5.74, 6) is -0.647. The minimum atomic E-state index is -4.52. The number of alkyl halides is 3. The Morgan fingerprint density at radius 1 is 1.24 bits per heavy atom. The van der Waals surface area contributed by atoms with Gasteiger partial charge in [0.25, 0.3) is 10.0 Å². The Morgan fingerprint density at radius 2 is 2.00 bits per heavy atom. The van der Waals surface area contributed by atoms with Crippen molar-refractivity contribution in [2.24, 2.45) is 4.99 Å². The largest absolute Gasteiger partial charge is 0.468 e. The molecular formula is C21H23F3N4O4S. The van der Waals surface area contributed by atoms with E-state index in [4.69, 9.17) is 4.74 Å². The maximum Gasteiger partial charge on any atom is 0.422 e. The Labute approximate surface area is 189 Å². The summed E-state index contributed by atoms with van der Waals surface area (Å²) >= 11 is 0. The Bertz CT molecular complexity index is 1140. The third-order valence-electron chi connectivity index (χ3n) is 4.76. The predicted octanol–water partition coefficient (Wildman–Crippen LogP) is 2.94. The van der Waals surface area contributed by atoms with Gasteiger partial charge >= 0.3 is 6.18 Å². The van der Waals surface area contributed by atoms with Crippen molar-refractivity contribution in [2.75, 3.05) is 6.61 Å². The van der Waals surface area contributed by atoms with Crippen LogP contribution in [0.15, 0.2) is 52.5 Å². The molecule has 0 saturated carbocycles. The number of aliphatic imine (C=N–C) groups is 1. The number of aromatic nitrogens is 1. The lowest BCUT2D eigenvalue weighted by atomic mass is 10.1. The van der Waals surface area contributed by atoms with Crippen LogP contribution in [0.1, 0.15) is 37.3 Å². The summed E-state index contributed by atoms with van der Waals surface area (Å²) in [6.07, 6.45) is -1.42. The fourth-order valence-electron chi connectivity index (χ4n) is 3.18. The van der Waals surface area contributed by atoms with Crippen LogP contribution in [0.25, 0.3) is 0 Å². The number of halogens is 3. The second kappa shape index (κ2) is 10.2. The van der Waals surface area contributed by atoms with Crippen molar-refractivity contribution in [3.8, 4) is 5.88 Å². The number of fused-ring (bicyclic) bond motifs is 1. The molecule has 2 N–H and O–H groups in total. The van der Waals surface area contributed by atoms with Crippen LogP contribution in [0.3, 0.4) is 0 Å². The summed E-state index contributed by atoms with van der Waals surface area (Å²) in [5, 5.41) is 2.64. The normalized spacial score (nSPS) is 16.7. The first-order chi connectivity index (χ1) is 15.6. The summed E-state index contributed by atoms with van der Waals surface area (Å²) in [4.78, 5) is 21.1. The second-order valence-electron chi connectivity index (χ2n) is 7.33. The number of hydrogen-bond acceptors (Lipinski definition) is 6. The fourth-order valence-corrected chi connectivity index (χ4v) is 4.42. The van der Waals surface area contributed by atoms with E-state index in [-0.39, 0.29) is 28.7 Å². The van der Waals surface area contributed by atoms with Gasteiger partial charge in [-0.2, -0.15) is 13.2 Å². The van der Waals surface area contributed by atoms with Gasteiger partial charge in [0, 0.05) is 23.9 Å². The van der Waals surface area contributed by atoms with E-state index in [0.29, 0.717) is 18.4 Å². The molecular weight excluding hydrogens is 461 g/mol. The van der Waals surface area contributed by atoms with E-state index in [1.54, 1.807) is 18.2 Å². The molecule has 0 spiro atoms. The van der Waals surface area contributed by atoms with Gasteiger partial charge in [-0.25, -0.2) is 13.4 Å². The number of benzene rings is 1. The molecule has 1 amide bonds. The van der Waals surface area contributed by atoms with Crippen LogP contribution in [-0.2, 0) is 21.4 Å². The SMILES string of the molecule is CCCCC(N=C1NS(=O)(=O)c2ccccc21)C(=O)NCc1cccnc1OCC(F)(F)F. The van der Waals surface area contributed by atoms with E-state index in [9.17, 15) is 26.4 Å². The molecule has 1 unspecified atom stereocenters. The van der Waals surface area contributed by atoms with Gasteiger partial charge in [-0.1, -0.05) is 38.0 Å². The number of hydrogen-bond donors (Lipinski definition) is 2. The zero-order chi connectivity index (χ0) is 24.1. The monoisotopic (exact) mass is 484 g/mol. The van der Waals surface area contributed by atoms with Gasteiger partial charge in [0.2, 0.25) is 11.8 Å². The molecule has 0 bridgehead atoms. The third-order valence-corrected chi connectivity index (χ3v) is 6.15. The minimum Gasteiger partial charge on any atom is -0.468 e. The van der Waals surface area contributed by atoms with Crippen molar-refractivity contribution in [2.45, 2.75) is 49.8 Å². The Hall–Kier alpha value is -3.15. The number of amidine groups is 1. The van der Waals surface area contributed by atoms with Gasteiger partial charge in [0.05, 0.1) is 4.90 Å². The van der Waals surface area contributed by atoms with Gasteiger partial charge in [-0.05, 0) is 24.6 Å². The molecule has 8 nitrogen and oxygen atoms in total. The van der Waals surface area contributed by atoms with E-state index < -0.39 is 34.8 Å². The number of sulfonamides is 1. The van der Waals surface area contributed by atoms with Crippen LogP contribution in [0.2, 0.25) is 0 Å². The Balaban J connectivity index is 1.76. The molecule has 0 saturated heterocycles. The van der Waals surface area contributed by atoms with E-state index in [2.05, 4.69) is 20.0 Å². The van der Waals surface area contributed by atoms with Crippen molar-refractivity contribution >= 4 is 21.8 Å². The summed E-state index contributed by atoms with van der Waals surface area (Å²) in [7, 11) is -3.76. The first-order valence-electron chi connectivity index (χ1n) is 10.2. The zero-order valence-electron chi connectivity index (χ0n) is 17.7. The molecule has 1 aromatic heterocycles. The summed E-state index contributed by atoms with van der Waals surface area (Å²) in [6, 6.07) is 8.42. The molecule has 12 heteroatoms. The highest BCUT2D eigenvalue weighted by molar-refractivity contribution is 7.90. The highest BCUT2D eigenvalue weighted by atomic mass is 32.2. The first-order valence-corrected chi connectivity index (χ1v) is 11.7. The van der Waals surface area contributed by atoms with Gasteiger partial charge in [-0.15, -0.1) is 0 Å². The molecule has 33 heavy (non-hydrogen) atoms. The smallest absolute Gasteiger partial charge is 0.422 e. The number of nitrogens with zero attached hydrogens (tertiary/aromatic N) is 2. The van der Waals surface area contributed by atoms with Crippen LogP contribution < -0.4 is 14.8 Å². The number of ether oxygens (including phenoxy) is 1. The summed E-state index contributed by atoms with van der Waals surface area (Å²) < 4.78 is 69.2. The van der Waals surface area contributed by atoms with Crippen molar-refractivity contribution in [3.63, 3.8) is 0 Å². The molecule has 178 valence electrons. The number of rotatable bonds is 9. The number of nitrogens with one attached hydrogen (secondary N) is 2. The van der Waals surface area contributed by atoms with Crippen molar-refractivity contribution in [3.05, 3.63) is 53.7 Å². The van der Waals surface area contributed by atoms with Crippen molar-refractivity contribution in [1.29, 1.82) is 0 Å². The molecule has 0 aliphatic carbocycles. The number of pyridine rings is 1. The minimum absolute atomic E-state index is 0.0810. The standard InChI is InChI=1S/C21H23F3N4O4S/c1-2-3-9-16(27-18-15-8-4-5-10-17(15)33(30,31)28-18)19(29)26-12-14-7-6-11-25-20(14)32-13-21(22,23)24/h4-8,10-11,16H,2-3,9,12-13H2,1H3,(H,26,29)(H,27,28). The topological polar surface area (TPSA) is 110 Å². The van der Waals surface area contributed by atoms with E-state index in [1.807, 2.05) is 6.92 Å². The van der Waals surface area contributed by atoms with Gasteiger partial charge < -0.3 is 10.1 Å². The number of amides is 1. The number of unbranched alkanes of at least 4 members (excludes halogenated alkanes) is 1. The third kappa shape index (κ3) is 6.44. The fraction of sp³-hybridized carbons (Fsp3) is 0.381. The lowest BCUT2D eigenvalue weighted by molar-refractivity contribution is -0.154. The van der Waals surface area contributed by atoms with E-state index in [0.717, 1.165) is 6.42 Å². The average Bonchev–Trinajstić information content (AvgIpc) is 3.03. The molecule has 1 aromatic carbocycles. The molecule has 0 fully saturated rings. The number of carbonyl (C=O) groups is 1. The first kappa shape index (κ1) is 24.5. The molecule has 1 atom stereocenters. The van der Waals surface area contributed by atoms with E-state index >= 15 is 0 Å². The van der Waals surface area contributed by atoms with Crippen LogP contribution >= 0.6 is 0 Å². The lowest BCUT2D eigenvalue weighted by Gasteiger charge is -2.15. The van der Waals surface area contributed by atoms with Crippen molar-refractivity contribution < 1.29 is 31.1 Å². The molecule has 2 heterocycles. The van der Waals surface area contributed by atoms with Gasteiger partial charge in [-0.3, -0.25) is 14.5 Å². The van der Waals surface area contributed by atoms with E-state index in [1.165, 1.54) is 24.4 Å². The maximum absolute atomic E-state index is 12.9. The quantitative estimate of drug-likeness (QED) is 0.569. The summed E-state index contributed by atoms with van der Waals surface area (Å²) in [6.45, 7) is 0.308. The molecule has 2 aromatic rings. The Kier molecular flexibility index (Phi) is 7.57. The van der Waals surface area contributed by atoms with Gasteiger partial charge in [0.1, 0.15) is 11.9 Å². The highest BCUT2D eigenvalue weighted by Crippen LogP contribution is 2.23. The molecule has 0 radical (unpaired) electrons. The van der Waals surface area contributed by atoms with Crippen LogP contribution in [0, 0.1) is 0 Å². The zero-order valence-corrected chi connectivity index (χ0v) is 18.5. The molecule has 1 aliphatic rings.